The molecule has 0 unspecified atom stereocenters. The zero-order chi connectivity index (χ0) is 20.5. The van der Waals surface area contributed by atoms with Gasteiger partial charge in [0.05, 0.1) is 5.41 Å². The molecule has 0 aliphatic heterocycles. The number of phenols is 1. The van der Waals surface area contributed by atoms with E-state index < -0.39 is 17.0 Å². The van der Waals surface area contributed by atoms with Crippen molar-refractivity contribution < 1.29 is 24.5 Å². The van der Waals surface area contributed by atoms with E-state index in [9.17, 15) is 14.7 Å². The quantitative estimate of drug-likeness (QED) is 0.377. The van der Waals surface area contributed by atoms with Gasteiger partial charge in [-0.05, 0) is 83.8 Å². The maximum atomic E-state index is 11.1. The third-order valence-corrected chi connectivity index (χ3v) is 5.12. The van der Waals surface area contributed by atoms with Crippen LogP contribution in [-0.2, 0) is 27.2 Å². The van der Waals surface area contributed by atoms with Crippen LogP contribution in [0.1, 0.15) is 77.3 Å². The minimum absolute atomic E-state index is 0.360. The molecule has 0 radical (unpaired) electrons. The van der Waals surface area contributed by atoms with Gasteiger partial charge < -0.3 is 14.9 Å². The third-order valence-electron chi connectivity index (χ3n) is 5.12. The van der Waals surface area contributed by atoms with Crippen molar-refractivity contribution in [2.75, 3.05) is 0 Å². The van der Waals surface area contributed by atoms with Gasteiger partial charge in [0.1, 0.15) is 11.4 Å². The van der Waals surface area contributed by atoms with Crippen molar-refractivity contribution in [1.82, 2.24) is 0 Å². The van der Waals surface area contributed by atoms with Crippen LogP contribution in [-0.4, -0.2) is 28.3 Å². The maximum Gasteiger partial charge on any atom is 0.309 e. The molecule has 0 heterocycles. The molecule has 0 aliphatic rings. The first-order valence-electron chi connectivity index (χ1n) is 9.74. The Labute approximate surface area is 162 Å². The van der Waals surface area contributed by atoms with Crippen LogP contribution in [0.4, 0.5) is 0 Å². The highest BCUT2D eigenvalue weighted by molar-refractivity contribution is 5.73. The summed E-state index contributed by atoms with van der Waals surface area (Å²) in [5.74, 6) is -0.410. The Bertz CT molecular complexity index is 619. The second kappa shape index (κ2) is 10.3. The van der Waals surface area contributed by atoms with Crippen LogP contribution in [0.2, 0.25) is 0 Å². The van der Waals surface area contributed by atoms with Gasteiger partial charge in [-0.1, -0.05) is 24.6 Å². The fourth-order valence-electron chi connectivity index (χ4n) is 3.09. The maximum absolute atomic E-state index is 11.1. The number of para-hydroxylation sites is 1. The van der Waals surface area contributed by atoms with Crippen LogP contribution in [0.25, 0.3) is 0 Å². The first-order chi connectivity index (χ1) is 12.6. The lowest BCUT2D eigenvalue weighted by atomic mass is 9.86. The fourth-order valence-corrected chi connectivity index (χ4v) is 3.09. The molecule has 0 saturated heterocycles. The van der Waals surface area contributed by atoms with Gasteiger partial charge in [-0.25, -0.2) is 0 Å². The topological polar surface area (TPSA) is 83.8 Å². The number of benzene rings is 1. The summed E-state index contributed by atoms with van der Waals surface area (Å²) in [6.45, 7) is 7.77. The van der Waals surface area contributed by atoms with Gasteiger partial charge >= 0.3 is 5.97 Å². The SMILES string of the molecule is CC(C)(CCCCc1cccc(CCCCC(C)(C)C(=O)O)c1O)OC=O. The van der Waals surface area contributed by atoms with Gasteiger partial charge in [0.2, 0.25) is 0 Å². The molecular weight excluding hydrogens is 344 g/mol. The van der Waals surface area contributed by atoms with Crippen LogP contribution >= 0.6 is 0 Å². The molecular formula is C22H34O5. The van der Waals surface area contributed by atoms with E-state index in [2.05, 4.69) is 0 Å². The highest BCUT2D eigenvalue weighted by Gasteiger charge is 2.26. The van der Waals surface area contributed by atoms with Gasteiger partial charge in [0.15, 0.2) is 0 Å². The Morgan fingerprint density at radius 2 is 1.52 bits per heavy atom. The standard InChI is InChI=1S/C22H34O5/c1-21(2,20(25)26)14-7-5-10-17-12-9-13-18(19(17)24)11-6-8-15-22(3,4)27-16-23/h9,12-13,16,24H,5-8,10-11,14-15H2,1-4H3,(H,25,26). The first-order valence-corrected chi connectivity index (χ1v) is 9.74. The van der Waals surface area contributed by atoms with E-state index in [4.69, 9.17) is 9.84 Å². The van der Waals surface area contributed by atoms with Gasteiger partial charge in [-0.15, -0.1) is 0 Å². The van der Waals surface area contributed by atoms with E-state index in [1.54, 1.807) is 13.8 Å². The molecule has 0 fully saturated rings. The lowest BCUT2D eigenvalue weighted by Gasteiger charge is -2.22. The average Bonchev–Trinajstić information content (AvgIpc) is 2.57. The summed E-state index contributed by atoms with van der Waals surface area (Å²) in [4.78, 5) is 21.6. The molecule has 0 atom stereocenters. The zero-order valence-corrected chi connectivity index (χ0v) is 17.1. The van der Waals surface area contributed by atoms with Crippen molar-refractivity contribution in [3.05, 3.63) is 29.3 Å². The summed E-state index contributed by atoms with van der Waals surface area (Å²) in [5.41, 5.74) is 0.707. The second-order valence-corrected chi connectivity index (χ2v) is 8.50. The summed E-state index contributed by atoms with van der Waals surface area (Å²) in [5, 5.41) is 19.7. The zero-order valence-electron chi connectivity index (χ0n) is 17.1. The van der Waals surface area contributed by atoms with Gasteiger partial charge in [-0.2, -0.15) is 0 Å². The molecule has 0 bridgehead atoms. The number of phenolic OH excluding ortho intramolecular Hbond substituents is 1. The van der Waals surface area contributed by atoms with Crippen molar-refractivity contribution in [3.63, 3.8) is 0 Å². The number of hydrogen-bond acceptors (Lipinski definition) is 4. The Hall–Kier alpha value is -2.04. The monoisotopic (exact) mass is 378 g/mol. The fraction of sp³-hybridized carbons (Fsp3) is 0.636. The van der Waals surface area contributed by atoms with E-state index in [0.29, 0.717) is 18.6 Å². The number of carboxylic acid groups (broad SMARTS) is 1. The molecule has 0 aromatic heterocycles. The molecule has 0 aliphatic carbocycles. The molecule has 5 heteroatoms. The molecule has 152 valence electrons. The Morgan fingerprint density at radius 1 is 1.00 bits per heavy atom. The number of unbranched alkanes of at least 4 members (excludes halogenated alkanes) is 2. The number of ether oxygens (including phenoxy) is 1. The van der Waals surface area contributed by atoms with Crippen LogP contribution in [0, 0.1) is 5.41 Å². The highest BCUT2D eigenvalue weighted by Crippen LogP contribution is 2.28. The summed E-state index contributed by atoms with van der Waals surface area (Å²) in [6, 6.07) is 5.84. The number of aryl methyl sites for hydroxylation is 2. The van der Waals surface area contributed by atoms with Gasteiger partial charge in [0, 0.05) is 0 Å². The predicted molar refractivity (Wildman–Crippen MR) is 106 cm³/mol. The number of carbonyl (C=O) groups excluding carboxylic acids is 1. The molecule has 0 amide bonds. The molecule has 0 saturated carbocycles. The molecule has 1 aromatic rings. The Balaban J connectivity index is 2.47. The number of carboxylic acids is 1. The lowest BCUT2D eigenvalue weighted by molar-refractivity contribution is -0.147. The van der Waals surface area contributed by atoms with E-state index in [1.807, 2.05) is 32.0 Å². The second-order valence-electron chi connectivity index (χ2n) is 8.50. The van der Waals surface area contributed by atoms with Crippen LogP contribution in [0.5, 0.6) is 5.75 Å². The number of aliphatic carboxylic acids is 1. The highest BCUT2D eigenvalue weighted by atomic mass is 16.5. The minimum Gasteiger partial charge on any atom is -0.507 e. The van der Waals surface area contributed by atoms with Crippen molar-refractivity contribution in [2.45, 2.75) is 84.7 Å². The summed E-state index contributed by atoms with van der Waals surface area (Å²) in [6.07, 6.45) is 6.43. The number of rotatable bonds is 13. The van der Waals surface area contributed by atoms with Crippen molar-refractivity contribution >= 4 is 12.4 Å². The molecule has 5 nitrogen and oxygen atoms in total. The molecule has 27 heavy (non-hydrogen) atoms. The normalized spacial score (nSPS) is 12.0. The van der Waals surface area contributed by atoms with Crippen molar-refractivity contribution in [1.29, 1.82) is 0 Å². The van der Waals surface area contributed by atoms with Gasteiger partial charge in [0.25, 0.3) is 6.47 Å². The van der Waals surface area contributed by atoms with E-state index >= 15 is 0 Å². The van der Waals surface area contributed by atoms with E-state index in [1.165, 1.54) is 0 Å². The predicted octanol–water partition coefficient (Wildman–Crippen LogP) is 4.88. The Kier molecular flexibility index (Phi) is 8.80. The third kappa shape index (κ3) is 8.02. The number of hydrogen-bond donors (Lipinski definition) is 2. The van der Waals surface area contributed by atoms with Crippen LogP contribution in [0.3, 0.4) is 0 Å². The Morgan fingerprint density at radius 3 is 2.00 bits per heavy atom. The van der Waals surface area contributed by atoms with Gasteiger partial charge in [-0.3, -0.25) is 9.59 Å². The first kappa shape index (κ1) is 23.0. The summed E-state index contributed by atoms with van der Waals surface area (Å²) < 4.78 is 5.05. The molecule has 1 aromatic carbocycles. The van der Waals surface area contributed by atoms with E-state index in [-0.39, 0.29) is 0 Å². The summed E-state index contributed by atoms with van der Waals surface area (Å²) in [7, 11) is 0. The van der Waals surface area contributed by atoms with Crippen molar-refractivity contribution in [2.24, 2.45) is 5.41 Å². The molecule has 0 spiro atoms. The largest absolute Gasteiger partial charge is 0.507 e. The smallest absolute Gasteiger partial charge is 0.309 e. The number of carbonyl (C=O) groups is 2. The lowest BCUT2D eigenvalue weighted by Crippen LogP contribution is -2.23. The molecule has 1 rings (SSSR count). The molecule has 2 N–H and O–H groups in total. The van der Waals surface area contributed by atoms with Crippen molar-refractivity contribution in [3.8, 4) is 5.75 Å². The number of aromatic hydroxyl groups is 1. The summed E-state index contributed by atoms with van der Waals surface area (Å²) >= 11 is 0. The van der Waals surface area contributed by atoms with Crippen LogP contribution < -0.4 is 0 Å². The minimum atomic E-state index is -0.769. The average molecular weight is 379 g/mol. The van der Waals surface area contributed by atoms with Crippen LogP contribution in [0.15, 0.2) is 18.2 Å². The van der Waals surface area contributed by atoms with E-state index in [0.717, 1.165) is 56.1 Å².